The Kier molecular flexibility index (Phi) is 7.60. The molecule has 0 aliphatic heterocycles. The van der Waals surface area contributed by atoms with Gasteiger partial charge in [0.05, 0.1) is 11.3 Å². The first-order chi connectivity index (χ1) is 19.3. The number of aliphatic hydroxyl groups excluding tert-OH is 2. The Morgan fingerprint density at radius 1 is 1.12 bits per heavy atom. The molecule has 1 aromatic rings. The number of phenols is 1. The normalized spacial score (nSPS) is 24.6. The first kappa shape index (κ1) is 30.9. The number of ketones is 2. The zero-order chi connectivity index (χ0) is 31.6. The third-order valence-electron chi connectivity index (χ3n) is 8.28. The van der Waals surface area contributed by atoms with Crippen molar-refractivity contribution in [2.24, 2.45) is 23.5 Å². The second-order valence-electron chi connectivity index (χ2n) is 13.1. The van der Waals surface area contributed by atoms with Crippen LogP contribution in [0.15, 0.2) is 28.7 Å². The van der Waals surface area contributed by atoms with Gasteiger partial charge >= 0.3 is 0 Å². The van der Waals surface area contributed by atoms with E-state index in [1.54, 1.807) is 25.1 Å². The molecule has 0 fully saturated rings. The number of nitrogens with two attached hydrogens (primary N) is 1. The summed E-state index contributed by atoms with van der Waals surface area (Å²) >= 11 is 0. The van der Waals surface area contributed by atoms with Crippen LogP contribution in [-0.4, -0.2) is 75.1 Å². The van der Waals surface area contributed by atoms with E-state index >= 15 is 0 Å². The van der Waals surface area contributed by atoms with Crippen LogP contribution in [0.3, 0.4) is 0 Å². The molecule has 4 rings (SSSR count). The van der Waals surface area contributed by atoms with Gasteiger partial charge in [0.15, 0.2) is 11.4 Å². The molecule has 0 saturated carbocycles. The lowest BCUT2D eigenvalue weighted by Crippen LogP contribution is -2.57. The summed E-state index contributed by atoms with van der Waals surface area (Å²) < 4.78 is 0. The van der Waals surface area contributed by atoms with E-state index in [1.165, 1.54) is 0 Å². The number of carbonyl (C=O) groups excluding carboxylic acids is 4. The molecule has 0 aromatic heterocycles. The number of rotatable bonds is 6. The number of Topliss-reactive ketones (excluding diaryl/α,β-unsaturated/α-hetero) is 2. The highest BCUT2D eigenvalue weighted by atomic mass is 16.3. The third kappa shape index (κ3) is 4.87. The maximum atomic E-state index is 14.1. The Bertz CT molecular complexity index is 1450. The van der Waals surface area contributed by atoms with Crippen molar-refractivity contribution < 1.29 is 39.6 Å². The summed E-state index contributed by atoms with van der Waals surface area (Å²) in [6, 6.07) is 0.886. The summed E-state index contributed by atoms with van der Waals surface area (Å²) in [5.74, 6) is -7.41. The number of hydrogen-bond acceptors (Lipinski definition) is 10. The highest BCUT2D eigenvalue weighted by Crippen LogP contribution is 2.53. The first-order valence-corrected chi connectivity index (χ1v) is 13.9. The predicted molar refractivity (Wildman–Crippen MR) is 155 cm³/mol. The van der Waals surface area contributed by atoms with Gasteiger partial charge in [0.25, 0.3) is 5.91 Å². The fourth-order valence-electron chi connectivity index (χ4n) is 6.33. The molecule has 0 heterocycles. The van der Waals surface area contributed by atoms with Crippen molar-refractivity contribution in [1.82, 2.24) is 5.32 Å². The summed E-state index contributed by atoms with van der Waals surface area (Å²) in [5, 5.41) is 50.6. The standard InChI is InChI=1S/C30H40N4O8/c1-12(2)22(28(41)33-29(3,4)5)32-16-11-17(34(6)7)15-9-13-8-14-10-18(35)21(27(31)40)26(39)30(14,42)25(38)19(13)24(37)20(15)23(16)36/h11-14,22,32,35-36,38,42H,8-10H2,1-7H3,(H2,31,40)(H,33,41)/t13-,14+,22?,30+/m1/s1. The summed E-state index contributed by atoms with van der Waals surface area (Å²) in [5.41, 5.74) is 2.14. The van der Waals surface area contributed by atoms with Gasteiger partial charge in [-0.3, -0.25) is 19.2 Å². The maximum Gasteiger partial charge on any atom is 0.255 e. The number of allylic oxidation sites excluding steroid dienone is 2. The Hall–Kier alpha value is -4.06. The number of benzene rings is 1. The van der Waals surface area contributed by atoms with Crippen LogP contribution in [0.1, 0.15) is 63.4 Å². The van der Waals surface area contributed by atoms with Crippen LogP contribution in [-0.2, 0) is 20.8 Å². The second-order valence-corrected chi connectivity index (χ2v) is 13.1. The van der Waals surface area contributed by atoms with Crippen LogP contribution in [0, 0.1) is 17.8 Å². The summed E-state index contributed by atoms with van der Waals surface area (Å²) in [4.78, 5) is 54.1. The van der Waals surface area contributed by atoms with Gasteiger partial charge in [-0.05, 0) is 57.1 Å². The molecule has 8 N–H and O–H groups in total. The Morgan fingerprint density at radius 3 is 2.26 bits per heavy atom. The average molecular weight is 585 g/mol. The van der Waals surface area contributed by atoms with Gasteiger partial charge in [-0.25, -0.2) is 0 Å². The zero-order valence-corrected chi connectivity index (χ0v) is 25.0. The van der Waals surface area contributed by atoms with E-state index in [0.29, 0.717) is 11.3 Å². The highest BCUT2D eigenvalue weighted by molar-refractivity contribution is 6.24. The molecule has 0 spiro atoms. The SMILES string of the molecule is CC(C)C(Nc1cc(N(C)C)c2c(c1O)C(=O)C1=C(O)[C@]3(O)C(=O)C(C(N)=O)=C(O)C[C@@H]3C[C@@H]1C2)C(=O)NC(C)(C)C. The van der Waals surface area contributed by atoms with E-state index in [-0.39, 0.29) is 47.9 Å². The smallest absolute Gasteiger partial charge is 0.255 e. The summed E-state index contributed by atoms with van der Waals surface area (Å²) in [6.45, 7) is 9.23. The zero-order valence-electron chi connectivity index (χ0n) is 25.0. The van der Waals surface area contributed by atoms with Crippen molar-refractivity contribution in [1.29, 1.82) is 0 Å². The van der Waals surface area contributed by atoms with Crippen LogP contribution in [0.4, 0.5) is 11.4 Å². The molecule has 12 heteroatoms. The number of primary amides is 1. The fourth-order valence-corrected chi connectivity index (χ4v) is 6.33. The second kappa shape index (κ2) is 10.3. The molecule has 0 radical (unpaired) electrons. The monoisotopic (exact) mass is 584 g/mol. The topological polar surface area (TPSA) is 203 Å². The number of amides is 2. The van der Waals surface area contributed by atoms with Crippen molar-refractivity contribution in [2.75, 3.05) is 24.3 Å². The molecule has 1 unspecified atom stereocenters. The van der Waals surface area contributed by atoms with Crippen LogP contribution in [0.5, 0.6) is 5.75 Å². The molecular formula is C30H40N4O8. The number of phenolic OH excluding ortho intramolecular Hbond substituents is 1. The first-order valence-electron chi connectivity index (χ1n) is 13.9. The third-order valence-corrected chi connectivity index (χ3v) is 8.28. The lowest BCUT2D eigenvalue weighted by molar-refractivity contribution is -0.144. The number of nitrogens with one attached hydrogen (secondary N) is 2. The van der Waals surface area contributed by atoms with E-state index in [2.05, 4.69) is 10.6 Å². The molecule has 4 atom stereocenters. The maximum absolute atomic E-state index is 14.1. The number of fused-ring (bicyclic) bond motifs is 3. The molecule has 3 aliphatic carbocycles. The minimum absolute atomic E-state index is 0.0406. The predicted octanol–water partition coefficient (Wildman–Crippen LogP) is 2.00. The van der Waals surface area contributed by atoms with Gasteiger partial charge in [0.1, 0.15) is 28.9 Å². The van der Waals surface area contributed by atoms with E-state index in [1.807, 2.05) is 34.6 Å². The van der Waals surface area contributed by atoms with Crippen molar-refractivity contribution >= 4 is 34.8 Å². The molecule has 12 nitrogen and oxygen atoms in total. The molecule has 0 bridgehead atoms. The van der Waals surface area contributed by atoms with E-state index in [9.17, 15) is 39.6 Å². The lowest BCUT2D eigenvalue weighted by atomic mass is 9.60. The number of hydrogen-bond donors (Lipinski definition) is 7. The van der Waals surface area contributed by atoms with Crippen LogP contribution in [0.2, 0.25) is 0 Å². The molecule has 3 aliphatic rings. The number of anilines is 2. The largest absolute Gasteiger partial charge is 0.511 e. The summed E-state index contributed by atoms with van der Waals surface area (Å²) in [7, 11) is 3.53. The molecule has 0 saturated heterocycles. The van der Waals surface area contributed by atoms with Gasteiger partial charge in [-0.2, -0.15) is 0 Å². The Labute approximate surface area is 244 Å². The van der Waals surface area contributed by atoms with E-state index in [0.717, 1.165) is 0 Å². The van der Waals surface area contributed by atoms with Gasteiger partial charge in [-0.1, -0.05) is 13.8 Å². The van der Waals surface area contributed by atoms with Crippen LogP contribution < -0.4 is 21.3 Å². The van der Waals surface area contributed by atoms with Crippen molar-refractivity contribution in [3.05, 3.63) is 39.9 Å². The van der Waals surface area contributed by atoms with Crippen LogP contribution >= 0.6 is 0 Å². The number of aliphatic hydroxyl groups is 3. The van der Waals surface area contributed by atoms with Crippen molar-refractivity contribution in [3.8, 4) is 5.75 Å². The number of carbonyl (C=O) groups is 4. The fraction of sp³-hybridized carbons (Fsp3) is 0.533. The number of aromatic hydroxyl groups is 1. The van der Waals surface area contributed by atoms with Gasteiger partial charge in [-0.15, -0.1) is 0 Å². The quantitative estimate of drug-likeness (QED) is 0.191. The Morgan fingerprint density at radius 2 is 1.74 bits per heavy atom. The minimum atomic E-state index is -2.64. The van der Waals surface area contributed by atoms with Gasteiger partial charge in [0.2, 0.25) is 11.7 Å². The van der Waals surface area contributed by atoms with E-state index < -0.39 is 69.3 Å². The minimum Gasteiger partial charge on any atom is -0.511 e. The lowest BCUT2D eigenvalue weighted by Gasteiger charge is -2.46. The molecule has 1 aromatic carbocycles. The Balaban J connectivity index is 1.86. The van der Waals surface area contributed by atoms with E-state index in [4.69, 9.17) is 5.73 Å². The van der Waals surface area contributed by atoms with Gasteiger partial charge in [0, 0.05) is 43.2 Å². The molecule has 2 amide bonds. The van der Waals surface area contributed by atoms with Gasteiger partial charge < -0.3 is 41.7 Å². The molecular weight excluding hydrogens is 544 g/mol. The highest BCUT2D eigenvalue weighted by Gasteiger charge is 2.59. The number of nitrogens with zero attached hydrogens (tertiary/aromatic N) is 1. The van der Waals surface area contributed by atoms with Crippen molar-refractivity contribution in [3.63, 3.8) is 0 Å². The molecule has 228 valence electrons. The van der Waals surface area contributed by atoms with Crippen LogP contribution in [0.25, 0.3) is 0 Å². The molecule has 42 heavy (non-hydrogen) atoms. The van der Waals surface area contributed by atoms with Crippen molar-refractivity contribution in [2.45, 2.75) is 71.1 Å². The average Bonchev–Trinajstić information content (AvgIpc) is 2.83. The summed E-state index contributed by atoms with van der Waals surface area (Å²) in [6.07, 6.45) is -0.0793.